The first-order valence-corrected chi connectivity index (χ1v) is 12.9. The van der Waals surface area contributed by atoms with Gasteiger partial charge >= 0.3 is 5.97 Å². The molecule has 3 atom stereocenters. The van der Waals surface area contributed by atoms with Gasteiger partial charge in [-0.2, -0.15) is 0 Å². The molecule has 35 heavy (non-hydrogen) atoms. The van der Waals surface area contributed by atoms with E-state index in [9.17, 15) is 9.59 Å². The van der Waals surface area contributed by atoms with E-state index in [1.54, 1.807) is 7.11 Å². The Morgan fingerprint density at radius 1 is 1.06 bits per heavy atom. The lowest BCUT2D eigenvalue weighted by molar-refractivity contribution is -0.186. The third-order valence-corrected chi connectivity index (χ3v) is 8.24. The van der Waals surface area contributed by atoms with Crippen molar-refractivity contribution in [2.75, 3.05) is 26.7 Å². The molecule has 2 aliphatic carbocycles. The number of nitrogens with one attached hydrogen (secondary N) is 1. The van der Waals surface area contributed by atoms with Crippen LogP contribution >= 0.6 is 0 Å². The van der Waals surface area contributed by atoms with E-state index in [-0.39, 0.29) is 17.9 Å². The highest BCUT2D eigenvalue weighted by Gasteiger charge is 2.61. The molecule has 0 bridgehead atoms. The number of methoxy groups -OCH3 is 1. The van der Waals surface area contributed by atoms with Gasteiger partial charge in [0.1, 0.15) is 11.4 Å². The van der Waals surface area contributed by atoms with Crippen molar-refractivity contribution in [3.63, 3.8) is 0 Å². The van der Waals surface area contributed by atoms with Crippen LogP contribution in [-0.2, 0) is 14.9 Å². The number of amides is 1. The van der Waals surface area contributed by atoms with Crippen LogP contribution in [0.2, 0.25) is 0 Å². The lowest BCUT2D eigenvalue weighted by Crippen LogP contribution is -2.68. The van der Waals surface area contributed by atoms with Crippen LogP contribution in [0.5, 0.6) is 5.75 Å². The van der Waals surface area contributed by atoms with Gasteiger partial charge in [-0.1, -0.05) is 30.3 Å². The van der Waals surface area contributed by atoms with Crippen molar-refractivity contribution in [1.82, 2.24) is 10.2 Å². The molecular formula is C29H36N2O4. The Hall–Kier alpha value is -2.86. The summed E-state index contributed by atoms with van der Waals surface area (Å²) in [7, 11) is 1.68. The zero-order chi connectivity index (χ0) is 24.5. The van der Waals surface area contributed by atoms with Gasteiger partial charge in [0.2, 0.25) is 0 Å². The van der Waals surface area contributed by atoms with E-state index in [2.05, 4.69) is 22.3 Å². The number of benzene rings is 2. The van der Waals surface area contributed by atoms with Crippen LogP contribution in [0.15, 0.2) is 54.6 Å². The first kappa shape index (κ1) is 23.9. The van der Waals surface area contributed by atoms with Gasteiger partial charge in [0, 0.05) is 37.0 Å². The van der Waals surface area contributed by atoms with Crippen LogP contribution in [0.3, 0.4) is 0 Å². The minimum absolute atomic E-state index is 0.00688. The number of fused-ring (bicyclic) bond motifs is 1. The van der Waals surface area contributed by atoms with Crippen LogP contribution in [0.4, 0.5) is 0 Å². The molecule has 0 spiro atoms. The van der Waals surface area contributed by atoms with Gasteiger partial charge in [-0.25, -0.2) is 0 Å². The molecule has 2 aromatic carbocycles. The van der Waals surface area contributed by atoms with Crippen molar-refractivity contribution in [3.05, 3.63) is 65.7 Å². The number of hydrogen-bond acceptors (Lipinski definition) is 5. The minimum Gasteiger partial charge on any atom is -0.497 e. The Bertz CT molecular complexity index is 1070. The quantitative estimate of drug-likeness (QED) is 0.603. The molecule has 1 heterocycles. The molecule has 1 N–H and O–H groups in total. The van der Waals surface area contributed by atoms with Crippen molar-refractivity contribution < 1.29 is 19.1 Å². The summed E-state index contributed by atoms with van der Waals surface area (Å²) in [5.41, 5.74) is 0.758. The molecule has 2 aromatic rings. The molecule has 186 valence electrons. The number of piperidine rings is 1. The van der Waals surface area contributed by atoms with Crippen LogP contribution in [0.1, 0.15) is 61.4 Å². The fraction of sp³-hybridized carbons (Fsp3) is 0.517. The second-order valence-corrected chi connectivity index (χ2v) is 10.6. The summed E-state index contributed by atoms with van der Waals surface area (Å²) in [6, 6.07) is 17.6. The highest BCUT2D eigenvalue weighted by Crippen LogP contribution is 2.54. The molecule has 1 aliphatic heterocycles. The number of hydrogen-bond donors (Lipinski definition) is 1. The normalized spacial score (nSPS) is 28.6. The second kappa shape index (κ2) is 9.65. The lowest BCUT2D eigenvalue weighted by Gasteiger charge is -2.59. The molecule has 5 rings (SSSR count). The Morgan fingerprint density at radius 2 is 1.86 bits per heavy atom. The summed E-state index contributed by atoms with van der Waals surface area (Å²) in [4.78, 5) is 28.0. The van der Waals surface area contributed by atoms with Crippen molar-refractivity contribution in [3.8, 4) is 5.75 Å². The summed E-state index contributed by atoms with van der Waals surface area (Å²) >= 11 is 0. The van der Waals surface area contributed by atoms with Gasteiger partial charge in [0.25, 0.3) is 5.91 Å². The molecule has 0 unspecified atom stereocenters. The maximum absolute atomic E-state index is 13.0. The van der Waals surface area contributed by atoms with Crippen molar-refractivity contribution in [2.24, 2.45) is 5.92 Å². The lowest BCUT2D eigenvalue weighted by atomic mass is 9.55. The predicted molar refractivity (Wildman–Crippen MR) is 134 cm³/mol. The van der Waals surface area contributed by atoms with E-state index in [0.29, 0.717) is 12.0 Å². The van der Waals surface area contributed by atoms with Gasteiger partial charge in [0.15, 0.2) is 0 Å². The zero-order valence-corrected chi connectivity index (χ0v) is 20.8. The highest BCUT2D eigenvalue weighted by molar-refractivity contribution is 5.94. The van der Waals surface area contributed by atoms with Gasteiger partial charge in [-0.05, 0) is 80.8 Å². The van der Waals surface area contributed by atoms with E-state index in [4.69, 9.17) is 9.47 Å². The first-order chi connectivity index (χ1) is 16.9. The predicted octanol–water partition coefficient (Wildman–Crippen LogP) is 4.33. The average molecular weight is 477 g/mol. The Kier molecular flexibility index (Phi) is 6.58. The molecule has 6 nitrogen and oxygen atoms in total. The third-order valence-electron chi connectivity index (χ3n) is 8.24. The Balaban J connectivity index is 1.50. The van der Waals surface area contributed by atoms with Crippen LogP contribution in [0, 0.1) is 5.92 Å². The Morgan fingerprint density at radius 3 is 2.57 bits per heavy atom. The average Bonchev–Trinajstić information content (AvgIpc) is 3.68. The van der Waals surface area contributed by atoms with Crippen LogP contribution in [-0.4, -0.2) is 55.2 Å². The van der Waals surface area contributed by atoms with Gasteiger partial charge < -0.3 is 14.8 Å². The summed E-state index contributed by atoms with van der Waals surface area (Å²) in [5, 5.41) is 3.29. The third kappa shape index (κ3) is 4.81. The van der Waals surface area contributed by atoms with Crippen LogP contribution < -0.4 is 10.1 Å². The van der Waals surface area contributed by atoms with Crippen molar-refractivity contribution in [2.45, 2.75) is 62.5 Å². The maximum Gasteiger partial charge on any atom is 0.303 e. The molecule has 2 saturated carbocycles. The fourth-order valence-electron chi connectivity index (χ4n) is 6.41. The monoisotopic (exact) mass is 476 g/mol. The molecule has 3 fully saturated rings. The number of likely N-dealkylation sites (tertiary alicyclic amines) is 1. The van der Waals surface area contributed by atoms with Gasteiger partial charge in [-0.15, -0.1) is 0 Å². The molecule has 1 saturated heterocycles. The number of carbonyl (C=O) groups is 2. The highest BCUT2D eigenvalue weighted by atomic mass is 16.6. The number of nitrogens with zero attached hydrogens (tertiary/aromatic N) is 1. The summed E-state index contributed by atoms with van der Waals surface area (Å²) in [5.74, 6) is 1.28. The van der Waals surface area contributed by atoms with E-state index < -0.39 is 11.0 Å². The van der Waals surface area contributed by atoms with E-state index in [1.165, 1.54) is 19.8 Å². The second-order valence-electron chi connectivity index (χ2n) is 10.6. The summed E-state index contributed by atoms with van der Waals surface area (Å²) in [6.07, 6.45) is 5.68. The van der Waals surface area contributed by atoms with Gasteiger partial charge in [0.05, 0.1) is 7.11 Å². The molecular weight excluding hydrogens is 440 g/mol. The number of rotatable bonds is 7. The fourth-order valence-corrected chi connectivity index (χ4v) is 6.41. The molecule has 0 radical (unpaired) electrons. The van der Waals surface area contributed by atoms with Gasteiger partial charge in [-0.3, -0.25) is 14.5 Å². The van der Waals surface area contributed by atoms with Crippen LogP contribution in [0.25, 0.3) is 0 Å². The van der Waals surface area contributed by atoms with E-state index >= 15 is 0 Å². The molecule has 0 aromatic heterocycles. The number of ether oxygens (including phenoxy) is 2. The van der Waals surface area contributed by atoms with Crippen molar-refractivity contribution in [1.29, 1.82) is 0 Å². The minimum atomic E-state index is -0.633. The largest absolute Gasteiger partial charge is 0.497 e. The standard InChI is InChI=1S/C29H36N2O4/c1-21(32)35-29-14-13-25(30-27(33)23-7-4-3-5-8-23)18-28(29,24-9-6-10-26(17-24)34-2)15-16-31(20-29)19-22-11-12-22/h3-10,17,22,25H,11-16,18-20H2,1-2H3,(H,30,33)/t25-,28-,29-/m0/s1. The first-order valence-electron chi connectivity index (χ1n) is 12.9. The van der Waals surface area contributed by atoms with Crippen molar-refractivity contribution >= 4 is 11.9 Å². The molecule has 3 aliphatic rings. The number of esters is 1. The number of carbonyl (C=O) groups excluding carboxylic acids is 2. The Labute approximate surface area is 208 Å². The SMILES string of the molecule is COc1cccc([C@@]23CCN(CC4CC4)C[C@@]2(OC(C)=O)CC[C@H](NC(=O)c2ccccc2)C3)c1. The maximum atomic E-state index is 13.0. The summed E-state index contributed by atoms with van der Waals surface area (Å²) < 4.78 is 11.9. The smallest absolute Gasteiger partial charge is 0.303 e. The molecule has 1 amide bonds. The van der Waals surface area contributed by atoms with E-state index in [1.807, 2.05) is 42.5 Å². The molecule has 6 heteroatoms. The van der Waals surface area contributed by atoms with E-state index in [0.717, 1.165) is 56.1 Å². The topological polar surface area (TPSA) is 67.9 Å². The summed E-state index contributed by atoms with van der Waals surface area (Å²) in [6.45, 7) is 4.29. The zero-order valence-electron chi connectivity index (χ0n) is 20.8.